The molecule has 160 valence electrons. The number of rotatable bonds is 6. The number of benzene rings is 1. The van der Waals surface area contributed by atoms with Gasteiger partial charge in [0.25, 0.3) is 17.6 Å². The Labute approximate surface area is 174 Å². The number of aromatic nitrogens is 1. The zero-order chi connectivity index (χ0) is 22.2. The van der Waals surface area contributed by atoms with Gasteiger partial charge in [0.15, 0.2) is 0 Å². The van der Waals surface area contributed by atoms with Gasteiger partial charge in [-0.25, -0.2) is 4.39 Å². The first-order valence-electron chi connectivity index (χ1n) is 9.81. The summed E-state index contributed by atoms with van der Waals surface area (Å²) in [6.07, 6.45) is 2.13. The molecule has 1 aliphatic carbocycles. The van der Waals surface area contributed by atoms with Crippen molar-refractivity contribution in [1.82, 2.24) is 9.88 Å². The van der Waals surface area contributed by atoms with Crippen LogP contribution in [-0.4, -0.2) is 39.4 Å². The Kier molecular flexibility index (Phi) is 5.81. The van der Waals surface area contributed by atoms with E-state index in [0.717, 1.165) is 6.42 Å². The van der Waals surface area contributed by atoms with E-state index in [2.05, 4.69) is 10.6 Å². The Morgan fingerprint density at radius 2 is 1.87 bits per heavy atom. The standard InChI is InChI=1S/C22H26FN3O4/c1-12-10-15(6-7-16(12)23)24-20(29)17-13(2)18(26(4)14(17)3)19(28)21(30)25-22(11-27)8-5-9-22/h6-7,10,27H,5,8-9,11H2,1-4H3,(H,24,29)(H,25,30). The van der Waals surface area contributed by atoms with Crippen molar-refractivity contribution in [3.8, 4) is 0 Å². The van der Waals surface area contributed by atoms with Gasteiger partial charge in [-0.3, -0.25) is 14.4 Å². The molecule has 0 unspecified atom stereocenters. The summed E-state index contributed by atoms with van der Waals surface area (Å²) in [6, 6.07) is 4.25. The molecule has 1 aliphatic rings. The maximum Gasteiger partial charge on any atom is 0.294 e. The molecular formula is C22H26FN3O4. The van der Waals surface area contributed by atoms with Crippen LogP contribution in [0.5, 0.6) is 0 Å². The van der Waals surface area contributed by atoms with Crippen LogP contribution in [0.3, 0.4) is 0 Å². The van der Waals surface area contributed by atoms with Crippen molar-refractivity contribution >= 4 is 23.3 Å². The van der Waals surface area contributed by atoms with Crippen LogP contribution in [0.15, 0.2) is 18.2 Å². The van der Waals surface area contributed by atoms with Gasteiger partial charge in [0, 0.05) is 18.4 Å². The normalized spacial score (nSPS) is 14.7. The third-order valence-electron chi connectivity index (χ3n) is 5.99. The van der Waals surface area contributed by atoms with E-state index >= 15 is 0 Å². The quantitative estimate of drug-likeness (QED) is 0.499. The molecule has 0 aliphatic heterocycles. The summed E-state index contributed by atoms with van der Waals surface area (Å²) >= 11 is 0. The van der Waals surface area contributed by atoms with Gasteiger partial charge in [-0.2, -0.15) is 0 Å². The number of ketones is 1. The van der Waals surface area contributed by atoms with Crippen LogP contribution < -0.4 is 10.6 Å². The van der Waals surface area contributed by atoms with Crippen LogP contribution in [0.2, 0.25) is 0 Å². The summed E-state index contributed by atoms with van der Waals surface area (Å²) in [5.41, 5.74) is 1.42. The lowest BCUT2D eigenvalue weighted by atomic mass is 9.77. The number of halogens is 1. The summed E-state index contributed by atoms with van der Waals surface area (Å²) in [5, 5.41) is 14.9. The zero-order valence-electron chi connectivity index (χ0n) is 17.6. The zero-order valence-corrected chi connectivity index (χ0v) is 17.6. The van der Waals surface area contributed by atoms with E-state index in [1.165, 1.54) is 22.8 Å². The number of Topliss-reactive ketones (excluding diaryl/α,β-unsaturated/α-hetero) is 1. The highest BCUT2D eigenvalue weighted by Gasteiger charge is 2.40. The minimum absolute atomic E-state index is 0.123. The fourth-order valence-electron chi connectivity index (χ4n) is 3.88. The van der Waals surface area contributed by atoms with Crippen molar-refractivity contribution in [1.29, 1.82) is 0 Å². The molecule has 1 heterocycles. The van der Waals surface area contributed by atoms with Crippen molar-refractivity contribution in [2.45, 2.75) is 45.6 Å². The number of carbonyl (C=O) groups excluding carboxylic acids is 3. The van der Waals surface area contributed by atoms with Gasteiger partial charge in [-0.1, -0.05) is 0 Å². The molecule has 30 heavy (non-hydrogen) atoms. The number of anilines is 1. The van der Waals surface area contributed by atoms with Crippen molar-refractivity contribution < 1.29 is 23.9 Å². The first-order valence-corrected chi connectivity index (χ1v) is 9.81. The van der Waals surface area contributed by atoms with Crippen LogP contribution in [0.25, 0.3) is 0 Å². The maximum atomic E-state index is 13.5. The first-order chi connectivity index (χ1) is 14.1. The number of hydrogen-bond acceptors (Lipinski definition) is 4. The summed E-state index contributed by atoms with van der Waals surface area (Å²) in [7, 11) is 1.62. The Bertz CT molecular complexity index is 1030. The number of carbonyl (C=O) groups is 3. The molecule has 1 saturated carbocycles. The van der Waals surface area contributed by atoms with Gasteiger partial charge in [-0.05, 0) is 69.4 Å². The number of nitrogens with zero attached hydrogens (tertiary/aromatic N) is 1. The average Bonchev–Trinajstić information content (AvgIpc) is 2.89. The van der Waals surface area contributed by atoms with Crippen molar-refractivity contribution in [2.24, 2.45) is 7.05 Å². The largest absolute Gasteiger partial charge is 0.394 e. The molecule has 0 saturated heterocycles. The van der Waals surface area contributed by atoms with E-state index < -0.39 is 23.1 Å². The van der Waals surface area contributed by atoms with Crippen LogP contribution in [-0.2, 0) is 11.8 Å². The number of amides is 2. The number of aliphatic hydroxyl groups is 1. The lowest BCUT2D eigenvalue weighted by Crippen LogP contribution is -2.57. The van der Waals surface area contributed by atoms with Gasteiger partial charge in [-0.15, -0.1) is 0 Å². The predicted molar refractivity (Wildman–Crippen MR) is 110 cm³/mol. The van der Waals surface area contributed by atoms with Crippen molar-refractivity contribution in [2.75, 3.05) is 11.9 Å². The van der Waals surface area contributed by atoms with Crippen LogP contribution >= 0.6 is 0 Å². The monoisotopic (exact) mass is 415 g/mol. The molecule has 1 aromatic carbocycles. The van der Waals surface area contributed by atoms with Gasteiger partial charge >= 0.3 is 0 Å². The van der Waals surface area contributed by atoms with Gasteiger partial charge in [0.05, 0.1) is 23.4 Å². The second-order valence-electron chi connectivity index (χ2n) is 7.99. The van der Waals surface area contributed by atoms with Crippen LogP contribution in [0, 0.1) is 26.6 Å². The highest BCUT2D eigenvalue weighted by Crippen LogP contribution is 2.31. The third kappa shape index (κ3) is 3.75. The lowest BCUT2D eigenvalue weighted by Gasteiger charge is -2.40. The second-order valence-corrected chi connectivity index (χ2v) is 7.99. The summed E-state index contributed by atoms with van der Waals surface area (Å²) in [6.45, 7) is 4.68. The lowest BCUT2D eigenvalue weighted by molar-refractivity contribution is -0.120. The van der Waals surface area contributed by atoms with Crippen molar-refractivity contribution in [3.63, 3.8) is 0 Å². The number of aryl methyl sites for hydroxylation is 1. The highest BCUT2D eigenvalue weighted by molar-refractivity contribution is 6.43. The molecule has 2 amide bonds. The topological polar surface area (TPSA) is 100 Å². The molecule has 0 radical (unpaired) electrons. The fraction of sp³-hybridized carbons (Fsp3) is 0.409. The Balaban J connectivity index is 1.86. The molecule has 1 aromatic heterocycles. The SMILES string of the molecule is Cc1cc(NC(=O)c2c(C)c(C(=O)C(=O)NC3(CO)CCC3)n(C)c2C)ccc1F. The summed E-state index contributed by atoms with van der Waals surface area (Å²) in [4.78, 5) is 38.3. The fourth-order valence-corrected chi connectivity index (χ4v) is 3.88. The second kappa shape index (κ2) is 8.02. The van der Waals surface area contributed by atoms with E-state index in [-0.39, 0.29) is 23.7 Å². The molecule has 0 bridgehead atoms. The molecule has 7 nitrogen and oxygen atoms in total. The predicted octanol–water partition coefficient (Wildman–Crippen LogP) is 2.56. The van der Waals surface area contributed by atoms with Gasteiger partial charge < -0.3 is 20.3 Å². The van der Waals surface area contributed by atoms with Gasteiger partial charge in [0.2, 0.25) is 0 Å². The Morgan fingerprint density at radius 1 is 1.20 bits per heavy atom. The molecule has 3 N–H and O–H groups in total. The highest BCUT2D eigenvalue weighted by atomic mass is 19.1. The first kappa shape index (κ1) is 21.7. The summed E-state index contributed by atoms with van der Waals surface area (Å²) in [5.74, 6) is -2.37. The molecule has 0 atom stereocenters. The number of hydrogen-bond donors (Lipinski definition) is 3. The minimum atomic E-state index is -0.798. The molecule has 2 aromatic rings. The van der Waals surface area contributed by atoms with Crippen molar-refractivity contribution in [3.05, 3.63) is 52.1 Å². The molecule has 3 rings (SSSR count). The van der Waals surface area contributed by atoms with E-state index in [1.54, 1.807) is 27.8 Å². The minimum Gasteiger partial charge on any atom is -0.394 e. The van der Waals surface area contributed by atoms with E-state index in [4.69, 9.17) is 0 Å². The maximum absolute atomic E-state index is 13.5. The van der Waals surface area contributed by atoms with E-state index in [1.807, 2.05) is 0 Å². The average molecular weight is 415 g/mol. The smallest absolute Gasteiger partial charge is 0.294 e. The van der Waals surface area contributed by atoms with Crippen LogP contribution in [0.4, 0.5) is 10.1 Å². The van der Waals surface area contributed by atoms with E-state index in [9.17, 15) is 23.9 Å². The van der Waals surface area contributed by atoms with Crippen LogP contribution in [0.1, 0.15) is 56.9 Å². The molecule has 1 fully saturated rings. The van der Waals surface area contributed by atoms with E-state index in [0.29, 0.717) is 35.3 Å². The Hall–Kier alpha value is -3.00. The Morgan fingerprint density at radius 3 is 2.40 bits per heavy atom. The third-order valence-corrected chi connectivity index (χ3v) is 5.99. The molecule has 8 heteroatoms. The number of aliphatic hydroxyl groups excluding tert-OH is 1. The summed E-state index contributed by atoms with van der Waals surface area (Å²) < 4.78 is 15.0. The number of nitrogens with one attached hydrogen (secondary N) is 2. The van der Waals surface area contributed by atoms with Gasteiger partial charge in [0.1, 0.15) is 5.82 Å². The molecule has 0 spiro atoms. The molecular weight excluding hydrogens is 389 g/mol.